The molecule has 0 radical (unpaired) electrons. The highest BCUT2D eigenvalue weighted by Crippen LogP contribution is 2.17. The summed E-state index contributed by atoms with van der Waals surface area (Å²) in [5.41, 5.74) is 5.40. The van der Waals surface area contributed by atoms with E-state index in [4.69, 9.17) is 10.8 Å². The minimum atomic E-state index is -0.0406. The molecule has 11 heavy (non-hydrogen) atoms. The molecule has 1 heterocycles. The summed E-state index contributed by atoms with van der Waals surface area (Å²) in [4.78, 5) is 0. The monoisotopic (exact) mass is 173 g/mol. The Morgan fingerprint density at radius 3 is 2.73 bits per heavy atom. The van der Waals surface area contributed by atoms with Crippen molar-refractivity contribution in [3.8, 4) is 0 Å². The van der Waals surface area contributed by atoms with E-state index in [-0.39, 0.29) is 12.5 Å². The van der Waals surface area contributed by atoms with Crippen molar-refractivity contribution in [2.45, 2.75) is 12.8 Å². The smallest absolute Gasteiger partial charge is 0.124 e. The molecule has 0 aliphatic heterocycles. The van der Waals surface area contributed by atoms with Crippen molar-refractivity contribution in [1.82, 2.24) is 10.2 Å². The van der Waals surface area contributed by atoms with Gasteiger partial charge in [0.15, 0.2) is 0 Å². The quantitative estimate of drug-likeness (QED) is 0.668. The van der Waals surface area contributed by atoms with Crippen LogP contribution in [0.5, 0.6) is 0 Å². The highest BCUT2D eigenvalue weighted by atomic mass is 32.1. The van der Waals surface area contributed by atoms with E-state index in [2.05, 4.69) is 10.2 Å². The molecule has 1 rings (SSSR count). The van der Waals surface area contributed by atoms with Crippen molar-refractivity contribution in [1.29, 1.82) is 0 Å². The lowest BCUT2D eigenvalue weighted by Crippen LogP contribution is -2.15. The highest BCUT2D eigenvalue weighted by Gasteiger charge is 2.12. The van der Waals surface area contributed by atoms with Crippen LogP contribution in [0, 0.1) is 6.92 Å². The van der Waals surface area contributed by atoms with Gasteiger partial charge in [-0.1, -0.05) is 0 Å². The third kappa shape index (κ3) is 1.95. The predicted molar refractivity (Wildman–Crippen MR) is 43.5 cm³/mol. The summed E-state index contributed by atoms with van der Waals surface area (Å²) in [7, 11) is 0. The van der Waals surface area contributed by atoms with E-state index in [1.54, 1.807) is 0 Å². The van der Waals surface area contributed by atoms with Crippen LogP contribution in [0.15, 0.2) is 0 Å². The first-order valence-corrected chi connectivity index (χ1v) is 4.20. The van der Waals surface area contributed by atoms with Crippen LogP contribution >= 0.6 is 11.3 Å². The number of nitrogens with zero attached hydrogens (tertiary/aromatic N) is 2. The van der Waals surface area contributed by atoms with Crippen LogP contribution in [0.25, 0.3) is 0 Å². The van der Waals surface area contributed by atoms with E-state index in [0.29, 0.717) is 6.54 Å². The molecule has 0 aliphatic carbocycles. The van der Waals surface area contributed by atoms with Gasteiger partial charge in [0.05, 0.1) is 6.61 Å². The summed E-state index contributed by atoms with van der Waals surface area (Å²) in [5.74, 6) is -0.0406. The van der Waals surface area contributed by atoms with Gasteiger partial charge in [0.25, 0.3) is 0 Å². The van der Waals surface area contributed by atoms with Crippen molar-refractivity contribution < 1.29 is 5.11 Å². The fourth-order valence-electron chi connectivity index (χ4n) is 0.730. The zero-order valence-corrected chi connectivity index (χ0v) is 7.14. The van der Waals surface area contributed by atoms with Crippen molar-refractivity contribution in [3.63, 3.8) is 0 Å². The SMILES string of the molecule is Cc1nnc(C(CN)CO)s1. The summed E-state index contributed by atoms with van der Waals surface area (Å²) >= 11 is 1.48. The number of rotatable bonds is 3. The third-order valence-electron chi connectivity index (χ3n) is 1.40. The second-order valence-corrected chi connectivity index (χ2v) is 3.49. The second kappa shape index (κ2) is 3.75. The molecule has 3 N–H and O–H groups in total. The molecule has 0 amide bonds. The number of aryl methyl sites for hydroxylation is 1. The normalized spacial score (nSPS) is 13.4. The Balaban J connectivity index is 2.73. The van der Waals surface area contributed by atoms with Gasteiger partial charge in [0.2, 0.25) is 0 Å². The van der Waals surface area contributed by atoms with Crippen LogP contribution in [0.2, 0.25) is 0 Å². The summed E-state index contributed by atoms with van der Waals surface area (Å²) < 4.78 is 0. The molecule has 1 aromatic rings. The molecule has 1 atom stereocenters. The number of aliphatic hydroxyl groups excluding tert-OH is 1. The Kier molecular flexibility index (Phi) is 2.92. The maximum Gasteiger partial charge on any atom is 0.124 e. The van der Waals surface area contributed by atoms with Crippen LogP contribution in [0.1, 0.15) is 15.9 Å². The second-order valence-electron chi connectivity index (χ2n) is 2.27. The molecule has 1 unspecified atom stereocenters. The van der Waals surface area contributed by atoms with Crippen molar-refractivity contribution in [2.75, 3.05) is 13.2 Å². The summed E-state index contributed by atoms with van der Waals surface area (Å²) in [6.07, 6.45) is 0. The van der Waals surface area contributed by atoms with E-state index in [1.807, 2.05) is 6.92 Å². The molecular weight excluding hydrogens is 162 g/mol. The van der Waals surface area contributed by atoms with Gasteiger partial charge in [-0.2, -0.15) is 0 Å². The first kappa shape index (κ1) is 8.58. The van der Waals surface area contributed by atoms with Crippen molar-refractivity contribution in [2.24, 2.45) is 5.73 Å². The minimum Gasteiger partial charge on any atom is -0.396 e. The average Bonchev–Trinajstić information content (AvgIpc) is 2.39. The van der Waals surface area contributed by atoms with Gasteiger partial charge >= 0.3 is 0 Å². The lowest BCUT2D eigenvalue weighted by molar-refractivity contribution is 0.267. The summed E-state index contributed by atoms with van der Waals surface area (Å²) in [6.45, 7) is 2.35. The van der Waals surface area contributed by atoms with Crippen LogP contribution in [-0.2, 0) is 0 Å². The third-order valence-corrected chi connectivity index (χ3v) is 2.40. The van der Waals surface area contributed by atoms with Crippen molar-refractivity contribution in [3.05, 3.63) is 10.0 Å². The molecule has 0 bridgehead atoms. The Morgan fingerprint density at radius 1 is 1.64 bits per heavy atom. The van der Waals surface area contributed by atoms with E-state index in [1.165, 1.54) is 11.3 Å². The molecule has 5 heteroatoms. The van der Waals surface area contributed by atoms with E-state index < -0.39 is 0 Å². The molecule has 0 fully saturated rings. The van der Waals surface area contributed by atoms with Crippen molar-refractivity contribution >= 4 is 11.3 Å². The van der Waals surface area contributed by atoms with Gasteiger partial charge < -0.3 is 10.8 Å². The fraction of sp³-hybridized carbons (Fsp3) is 0.667. The van der Waals surface area contributed by atoms with Gasteiger partial charge in [-0.25, -0.2) is 0 Å². The zero-order valence-electron chi connectivity index (χ0n) is 6.32. The molecule has 62 valence electrons. The maximum atomic E-state index is 8.85. The lowest BCUT2D eigenvalue weighted by Gasteiger charge is -2.04. The fourth-order valence-corrected chi connectivity index (χ4v) is 1.53. The molecule has 0 aromatic carbocycles. The lowest BCUT2D eigenvalue weighted by atomic mass is 10.2. The van der Waals surface area contributed by atoms with Crippen LogP contribution < -0.4 is 5.73 Å². The van der Waals surface area contributed by atoms with E-state index in [9.17, 15) is 0 Å². The number of hydrogen-bond acceptors (Lipinski definition) is 5. The summed E-state index contributed by atoms with van der Waals surface area (Å²) in [5, 5.41) is 18.3. The molecule has 4 nitrogen and oxygen atoms in total. The van der Waals surface area contributed by atoms with Crippen LogP contribution in [-0.4, -0.2) is 28.5 Å². The Labute approximate surface area is 69.1 Å². The zero-order chi connectivity index (χ0) is 8.27. The Bertz CT molecular complexity index is 221. The molecular formula is C6H11N3OS. The standard InChI is InChI=1S/C6H11N3OS/c1-4-8-9-6(11-4)5(2-7)3-10/h5,10H,2-3,7H2,1H3. The molecule has 0 aliphatic rings. The van der Waals surface area contributed by atoms with Crippen LogP contribution in [0.4, 0.5) is 0 Å². The van der Waals surface area contributed by atoms with Gasteiger partial charge in [-0.05, 0) is 6.92 Å². The average molecular weight is 173 g/mol. The van der Waals surface area contributed by atoms with E-state index in [0.717, 1.165) is 10.0 Å². The topological polar surface area (TPSA) is 72.0 Å². The first-order chi connectivity index (χ1) is 5.27. The number of aliphatic hydroxyl groups is 1. The van der Waals surface area contributed by atoms with Crippen LogP contribution in [0.3, 0.4) is 0 Å². The Morgan fingerprint density at radius 2 is 2.36 bits per heavy atom. The number of hydrogen-bond donors (Lipinski definition) is 2. The molecule has 0 spiro atoms. The minimum absolute atomic E-state index is 0.0406. The number of aromatic nitrogens is 2. The predicted octanol–water partition coefficient (Wildman–Crippen LogP) is -0.119. The molecule has 0 saturated carbocycles. The van der Waals surface area contributed by atoms with E-state index >= 15 is 0 Å². The summed E-state index contributed by atoms with van der Waals surface area (Å²) in [6, 6.07) is 0. The highest BCUT2D eigenvalue weighted by molar-refractivity contribution is 7.11. The number of nitrogens with two attached hydrogens (primary N) is 1. The van der Waals surface area contributed by atoms with Gasteiger partial charge in [0, 0.05) is 12.5 Å². The molecule has 0 saturated heterocycles. The maximum absolute atomic E-state index is 8.85. The van der Waals surface area contributed by atoms with Gasteiger partial charge in [0.1, 0.15) is 10.0 Å². The first-order valence-electron chi connectivity index (χ1n) is 3.39. The van der Waals surface area contributed by atoms with Gasteiger partial charge in [-0.3, -0.25) is 0 Å². The Hall–Kier alpha value is -0.520. The largest absolute Gasteiger partial charge is 0.396 e. The van der Waals surface area contributed by atoms with Gasteiger partial charge in [-0.15, -0.1) is 21.5 Å². The molecule has 1 aromatic heterocycles.